The number of carbonyl (C=O) groups is 1. The molecule has 0 saturated carbocycles. The fourth-order valence-electron chi connectivity index (χ4n) is 0.344. The van der Waals surface area contributed by atoms with E-state index in [0.717, 1.165) is 0 Å². The van der Waals surface area contributed by atoms with Gasteiger partial charge in [-0.25, -0.2) is 4.79 Å². The first-order valence-electron chi connectivity index (χ1n) is 3.15. The number of esters is 1. The lowest BCUT2D eigenvalue weighted by Gasteiger charge is -2.15. The zero-order valence-electron chi connectivity index (χ0n) is 6.68. The van der Waals surface area contributed by atoms with Crippen molar-refractivity contribution in [3.05, 3.63) is 12.2 Å². The van der Waals surface area contributed by atoms with E-state index in [1.807, 2.05) is 0 Å². The van der Waals surface area contributed by atoms with Gasteiger partial charge >= 0.3 is 12.1 Å². The second-order valence-electron chi connectivity index (χ2n) is 2.18. The molecule has 0 aliphatic carbocycles. The molecule has 0 amide bonds. The van der Waals surface area contributed by atoms with Crippen molar-refractivity contribution < 1.29 is 22.7 Å². The van der Waals surface area contributed by atoms with Gasteiger partial charge in [-0.2, -0.15) is 18.4 Å². The van der Waals surface area contributed by atoms with E-state index < -0.39 is 23.8 Å². The minimum Gasteiger partial charge on any atom is -0.449 e. The van der Waals surface area contributed by atoms with Gasteiger partial charge < -0.3 is 4.74 Å². The lowest BCUT2D eigenvalue weighted by Crippen LogP contribution is -2.31. The van der Waals surface area contributed by atoms with Crippen LogP contribution in [0.4, 0.5) is 13.2 Å². The third-order valence-corrected chi connectivity index (χ3v) is 1.13. The lowest BCUT2D eigenvalue weighted by molar-refractivity contribution is -0.213. The van der Waals surface area contributed by atoms with Crippen LogP contribution >= 0.6 is 0 Å². The molecule has 0 aliphatic heterocycles. The first-order valence-corrected chi connectivity index (χ1v) is 3.15. The van der Waals surface area contributed by atoms with Crippen LogP contribution in [0.15, 0.2) is 12.2 Å². The van der Waals surface area contributed by atoms with Gasteiger partial charge in [0.1, 0.15) is 11.6 Å². The summed E-state index contributed by atoms with van der Waals surface area (Å²) in [5, 5.41) is 8.09. The molecule has 3 nitrogen and oxygen atoms in total. The van der Waals surface area contributed by atoms with E-state index in [4.69, 9.17) is 5.26 Å². The molecule has 0 heterocycles. The molecule has 0 bridgehead atoms. The molecule has 0 saturated heterocycles. The molecule has 0 fully saturated rings. The molecule has 0 unspecified atom stereocenters. The van der Waals surface area contributed by atoms with Gasteiger partial charge in [-0.3, -0.25) is 0 Å². The van der Waals surface area contributed by atoms with Crippen LogP contribution in [0, 0.1) is 11.3 Å². The third kappa shape index (κ3) is 3.60. The maximum Gasteiger partial charge on any atom is 0.425 e. The van der Waals surface area contributed by atoms with Gasteiger partial charge in [-0.05, 0) is 6.92 Å². The summed E-state index contributed by atoms with van der Waals surface area (Å²) in [6.07, 6.45) is -6.85. The maximum atomic E-state index is 11.8. The van der Waals surface area contributed by atoms with Crippen LogP contribution in [0.25, 0.3) is 0 Å². The Morgan fingerprint density at radius 1 is 1.62 bits per heavy atom. The van der Waals surface area contributed by atoms with Gasteiger partial charge in [0.2, 0.25) is 0 Å². The average Bonchev–Trinajstić information content (AvgIpc) is 2.01. The summed E-state index contributed by atoms with van der Waals surface area (Å²) < 4.78 is 39.2. The predicted molar refractivity (Wildman–Crippen MR) is 36.4 cm³/mol. The van der Waals surface area contributed by atoms with Crippen molar-refractivity contribution in [3.63, 3.8) is 0 Å². The van der Waals surface area contributed by atoms with Gasteiger partial charge in [-0.15, -0.1) is 0 Å². The van der Waals surface area contributed by atoms with E-state index in [1.54, 1.807) is 0 Å². The number of nitrogens with zero attached hydrogens (tertiary/aromatic N) is 1. The second-order valence-corrected chi connectivity index (χ2v) is 2.18. The Morgan fingerprint density at radius 3 is 2.38 bits per heavy atom. The Balaban J connectivity index is 4.25. The fourth-order valence-corrected chi connectivity index (χ4v) is 0.344. The number of alkyl halides is 3. The van der Waals surface area contributed by atoms with Crippen molar-refractivity contribution in [1.29, 1.82) is 5.26 Å². The number of rotatable bonds is 2. The Hall–Kier alpha value is -1.51. The number of hydrogen-bond donors (Lipinski definition) is 0. The number of carbonyl (C=O) groups excluding carboxylic acids is 1. The summed E-state index contributed by atoms with van der Waals surface area (Å²) in [7, 11) is 0. The van der Waals surface area contributed by atoms with Gasteiger partial charge in [-0.1, -0.05) is 6.58 Å². The topological polar surface area (TPSA) is 50.1 Å². The van der Waals surface area contributed by atoms with Crippen molar-refractivity contribution >= 4 is 5.97 Å². The molecule has 0 aromatic carbocycles. The molecule has 0 N–H and O–H groups in total. The number of halogens is 3. The van der Waals surface area contributed by atoms with Crippen LogP contribution < -0.4 is 0 Å². The monoisotopic (exact) mass is 193 g/mol. The summed E-state index contributed by atoms with van der Waals surface area (Å²) in [4.78, 5) is 10.6. The largest absolute Gasteiger partial charge is 0.449 e. The zero-order chi connectivity index (χ0) is 10.6. The smallest absolute Gasteiger partial charge is 0.425 e. The van der Waals surface area contributed by atoms with Crippen LogP contribution in [0.3, 0.4) is 0 Å². The molecule has 0 aromatic rings. The minimum atomic E-state index is -4.62. The van der Waals surface area contributed by atoms with Gasteiger partial charge in [0, 0.05) is 0 Å². The Bertz CT molecular complexity index is 264. The van der Waals surface area contributed by atoms with Crippen molar-refractivity contribution in [2.75, 3.05) is 0 Å². The molecular weight excluding hydrogens is 187 g/mol. The highest BCUT2D eigenvalue weighted by Crippen LogP contribution is 2.22. The van der Waals surface area contributed by atoms with Gasteiger partial charge in [0.25, 0.3) is 0 Å². The fraction of sp³-hybridized carbons (Fsp3) is 0.429. The molecule has 72 valence electrons. The highest BCUT2D eigenvalue weighted by atomic mass is 19.4. The van der Waals surface area contributed by atoms with Crippen LogP contribution in [0.5, 0.6) is 0 Å². The Kier molecular flexibility index (Phi) is 3.48. The van der Waals surface area contributed by atoms with Gasteiger partial charge in [0.05, 0.1) is 0 Å². The average molecular weight is 193 g/mol. The molecule has 0 aliphatic rings. The SMILES string of the molecule is C=C(C#N)C(=O)O[C@@H](C)C(F)(F)F. The minimum absolute atomic E-state index is 0.656. The van der Waals surface area contributed by atoms with Crippen molar-refractivity contribution in [2.24, 2.45) is 0 Å². The van der Waals surface area contributed by atoms with Crippen molar-refractivity contribution in [2.45, 2.75) is 19.2 Å². The summed E-state index contributed by atoms with van der Waals surface area (Å²) in [6, 6.07) is 1.29. The summed E-state index contributed by atoms with van der Waals surface area (Å²) in [5.41, 5.74) is -0.656. The first-order chi connectivity index (χ1) is 5.79. The molecule has 0 rings (SSSR count). The number of ether oxygens (including phenoxy) is 1. The van der Waals surface area contributed by atoms with E-state index in [0.29, 0.717) is 6.92 Å². The van der Waals surface area contributed by atoms with E-state index in [9.17, 15) is 18.0 Å². The first kappa shape index (κ1) is 11.5. The molecule has 0 spiro atoms. The maximum absolute atomic E-state index is 11.8. The lowest BCUT2D eigenvalue weighted by atomic mass is 10.3. The highest BCUT2D eigenvalue weighted by Gasteiger charge is 2.39. The Morgan fingerprint density at radius 2 is 2.08 bits per heavy atom. The van der Waals surface area contributed by atoms with Gasteiger partial charge in [0.15, 0.2) is 6.10 Å². The zero-order valence-corrected chi connectivity index (χ0v) is 6.68. The standard InChI is InChI=1S/C7H6F3NO2/c1-4(3-11)6(12)13-5(2)7(8,9)10/h5H,1H2,2H3/t5-/m0/s1. The van der Waals surface area contributed by atoms with Crippen LogP contribution in [0.2, 0.25) is 0 Å². The van der Waals surface area contributed by atoms with E-state index in [-0.39, 0.29) is 0 Å². The molecule has 1 atom stereocenters. The Labute approximate surface area is 72.4 Å². The molecule has 13 heavy (non-hydrogen) atoms. The second kappa shape index (κ2) is 3.94. The van der Waals surface area contributed by atoms with Crippen molar-refractivity contribution in [3.8, 4) is 6.07 Å². The van der Waals surface area contributed by atoms with Crippen molar-refractivity contribution in [1.82, 2.24) is 0 Å². The summed E-state index contributed by atoms with van der Waals surface area (Å²) in [5.74, 6) is -1.35. The molecular formula is C7H6F3NO2. The highest BCUT2D eigenvalue weighted by molar-refractivity contribution is 5.92. The van der Waals surface area contributed by atoms with E-state index >= 15 is 0 Å². The molecule has 6 heteroatoms. The van der Waals surface area contributed by atoms with E-state index in [2.05, 4.69) is 11.3 Å². The summed E-state index contributed by atoms with van der Waals surface area (Å²) >= 11 is 0. The molecule has 0 aromatic heterocycles. The summed E-state index contributed by atoms with van der Waals surface area (Å²) in [6.45, 7) is 3.57. The van der Waals surface area contributed by atoms with Crippen LogP contribution in [-0.2, 0) is 9.53 Å². The van der Waals surface area contributed by atoms with Crippen LogP contribution in [-0.4, -0.2) is 18.2 Å². The number of nitriles is 1. The quantitative estimate of drug-likeness (QED) is 0.380. The predicted octanol–water partition coefficient (Wildman–Crippen LogP) is 1.56. The molecule has 0 radical (unpaired) electrons. The number of hydrogen-bond acceptors (Lipinski definition) is 3. The van der Waals surface area contributed by atoms with Crippen LogP contribution in [0.1, 0.15) is 6.92 Å². The normalized spacial score (nSPS) is 12.8. The third-order valence-electron chi connectivity index (χ3n) is 1.13. The van der Waals surface area contributed by atoms with E-state index in [1.165, 1.54) is 6.07 Å².